The lowest BCUT2D eigenvalue weighted by atomic mass is 10.0. The molecule has 4 heteroatoms. The molecule has 1 rings (SSSR count). The van der Waals surface area contributed by atoms with Crippen molar-refractivity contribution in [2.24, 2.45) is 11.8 Å². The van der Waals surface area contributed by atoms with Crippen molar-refractivity contribution in [2.45, 2.75) is 26.3 Å². The van der Waals surface area contributed by atoms with E-state index in [0.717, 1.165) is 13.0 Å². The van der Waals surface area contributed by atoms with Crippen LogP contribution in [0.5, 0.6) is 0 Å². The number of hydrogen-bond acceptors (Lipinski definition) is 3. The minimum absolute atomic E-state index is 0.0384. The second-order valence-corrected chi connectivity index (χ2v) is 4.50. The van der Waals surface area contributed by atoms with E-state index in [1.165, 1.54) is 0 Å². The van der Waals surface area contributed by atoms with Gasteiger partial charge in [-0.25, -0.2) is 0 Å². The summed E-state index contributed by atoms with van der Waals surface area (Å²) in [5, 5.41) is 9.02. The second kappa shape index (κ2) is 5.47. The molecule has 3 atom stereocenters. The number of aliphatic carboxylic acids is 1. The topological polar surface area (TPSA) is 49.8 Å². The van der Waals surface area contributed by atoms with Gasteiger partial charge >= 0.3 is 5.97 Å². The zero-order valence-electron chi connectivity index (χ0n) is 9.77. The van der Waals surface area contributed by atoms with Crippen LogP contribution in [0.4, 0.5) is 0 Å². The van der Waals surface area contributed by atoms with Gasteiger partial charge in [-0.1, -0.05) is 20.3 Å². The zero-order chi connectivity index (χ0) is 11.4. The smallest absolute Gasteiger partial charge is 0.310 e. The molecule has 0 radical (unpaired) electrons. The standard InChI is InChI=1S/C11H21NO3/c1-4-8(2)5-12(3)10-7-15-6-9(10)11(13)14/h8-10H,4-7H2,1-3H3,(H,13,14). The van der Waals surface area contributed by atoms with E-state index in [1.54, 1.807) is 0 Å². The van der Waals surface area contributed by atoms with Crippen LogP contribution in [0.3, 0.4) is 0 Å². The maximum absolute atomic E-state index is 11.0. The van der Waals surface area contributed by atoms with Crippen molar-refractivity contribution < 1.29 is 14.6 Å². The molecule has 0 saturated carbocycles. The van der Waals surface area contributed by atoms with Crippen LogP contribution in [0.15, 0.2) is 0 Å². The van der Waals surface area contributed by atoms with E-state index < -0.39 is 5.97 Å². The molecule has 1 aliphatic heterocycles. The van der Waals surface area contributed by atoms with Crippen LogP contribution in [0.2, 0.25) is 0 Å². The van der Waals surface area contributed by atoms with Crippen LogP contribution in [0.25, 0.3) is 0 Å². The van der Waals surface area contributed by atoms with Gasteiger partial charge in [0.25, 0.3) is 0 Å². The number of carbonyl (C=O) groups is 1. The van der Waals surface area contributed by atoms with Gasteiger partial charge in [0.05, 0.1) is 19.1 Å². The number of rotatable bonds is 5. The highest BCUT2D eigenvalue weighted by Crippen LogP contribution is 2.20. The minimum atomic E-state index is -0.742. The Morgan fingerprint density at radius 2 is 2.27 bits per heavy atom. The van der Waals surface area contributed by atoms with Gasteiger partial charge in [-0.2, -0.15) is 0 Å². The lowest BCUT2D eigenvalue weighted by Gasteiger charge is -2.28. The highest BCUT2D eigenvalue weighted by Gasteiger charge is 2.36. The Kier molecular flexibility index (Phi) is 4.54. The van der Waals surface area contributed by atoms with Crippen molar-refractivity contribution >= 4 is 5.97 Å². The van der Waals surface area contributed by atoms with Crippen LogP contribution in [-0.2, 0) is 9.53 Å². The molecule has 4 nitrogen and oxygen atoms in total. The Bertz CT molecular complexity index is 220. The van der Waals surface area contributed by atoms with Gasteiger partial charge in [-0.3, -0.25) is 9.69 Å². The molecule has 0 aromatic carbocycles. The van der Waals surface area contributed by atoms with Crippen molar-refractivity contribution in [1.29, 1.82) is 0 Å². The van der Waals surface area contributed by atoms with E-state index in [2.05, 4.69) is 18.7 Å². The monoisotopic (exact) mass is 215 g/mol. The minimum Gasteiger partial charge on any atom is -0.481 e. The Morgan fingerprint density at radius 3 is 2.80 bits per heavy atom. The summed E-state index contributed by atoms with van der Waals surface area (Å²) in [5.41, 5.74) is 0. The van der Waals surface area contributed by atoms with Gasteiger partial charge in [0.15, 0.2) is 0 Å². The number of nitrogens with zero attached hydrogens (tertiary/aromatic N) is 1. The first kappa shape index (κ1) is 12.5. The third kappa shape index (κ3) is 3.18. The largest absolute Gasteiger partial charge is 0.481 e. The zero-order valence-corrected chi connectivity index (χ0v) is 9.77. The Labute approximate surface area is 91.2 Å². The normalized spacial score (nSPS) is 28.3. The average molecular weight is 215 g/mol. The maximum Gasteiger partial charge on any atom is 0.310 e. The first-order chi connectivity index (χ1) is 7.06. The molecule has 0 aliphatic carbocycles. The molecule has 0 aromatic heterocycles. The van der Waals surface area contributed by atoms with E-state index in [1.807, 2.05) is 7.05 Å². The lowest BCUT2D eigenvalue weighted by Crippen LogP contribution is -2.42. The molecule has 1 saturated heterocycles. The Hall–Kier alpha value is -0.610. The molecule has 1 fully saturated rings. The van der Waals surface area contributed by atoms with E-state index in [9.17, 15) is 4.79 Å². The van der Waals surface area contributed by atoms with Gasteiger partial charge < -0.3 is 9.84 Å². The molecule has 0 bridgehead atoms. The maximum atomic E-state index is 11.0. The summed E-state index contributed by atoms with van der Waals surface area (Å²) < 4.78 is 5.24. The number of likely N-dealkylation sites (N-methyl/N-ethyl adjacent to an activating group) is 1. The van der Waals surface area contributed by atoms with E-state index in [4.69, 9.17) is 9.84 Å². The molecule has 88 valence electrons. The fourth-order valence-electron chi connectivity index (χ4n) is 1.97. The first-order valence-corrected chi connectivity index (χ1v) is 5.57. The van der Waals surface area contributed by atoms with Crippen molar-refractivity contribution in [2.75, 3.05) is 26.8 Å². The SMILES string of the molecule is CCC(C)CN(C)C1COCC1C(=O)O. The highest BCUT2D eigenvalue weighted by atomic mass is 16.5. The van der Waals surface area contributed by atoms with Crippen LogP contribution < -0.4 is 0 Å². The van der Waals surface area contributed by atoms with Gasteiger partial charge in [0, 0.05) is 12.6 Å². The molecular formula is C11H21NO3. The van der Waals surface area contributed by atoms with Crippen molar-refractivity contribution in [3.05, 3.63) is 0 Å². The summed E-state index contributed by atoms with van der Waals surface area (Å²) in [6, 6.07) is 0.0384. The highest BCUT2D eigenvalue weighted by molar-refractivity contribution is 5.71. The number of carboxylic acid groups (broad SMARTS) is 1. The number of ether oxygens (including phenoxy) is 1. The van der Waals surface area contributed by atoms with Gasteiger partial charge in [-0.05, 0) is 13.0 Å². The fraction of sp³-hybridized carbons (Fsp3) is 0.909. The van der Waals surface area contributed by atoms with Crippen molar-refractivity contribution in [1.82, 2.24) is 4.90 Å². The van der Waals surface area contributed by atoms with E-state index in [0.29, 0.717) is 19.1 Å². The Morgan fingerprint density at radius 1 is 1.60 bits per heavy atom. The average Bonchev–Trinajstić information content (AvgIpc) is 2.65. The molecule has 0 aromatic rings. The predicted molar refractivity (Wildman–Crippen MR) is 57.8 cm³/mol. The molecule has 1 aliphatic rings. The number of carboxylic acids is 1. The summed E-state index contributed by atoms with van der Waals surface area (Å²) in [7, 11) is 1.99. The third-order valence-electron chi connectivity index (χ3n) is 3.23. The first-order valence-electron chi connectivity index (χ1n) is 5.57. The molecule has 0 amide bonds. The molecular weight excluding hydrogens is 194 g/mol. The molecule has 3 unspecified atom stereocenters. The molecule has 0 spiro atoms. The summed E-state index contributed by atoms with van der Waals surface area (Å²) >= 11 is 0. The van der Waals surface area contributed by atoms with Gasteiger partial charge in [-0.15, -0.1) is 0 Å². The van der Waals surface area contributed by atoms with E-state index in [-0.39, 0.29) is 12.0 Å². The summed E-state index contributed by atoms with van der Waals surface area (Å²) in [6.07, 6.45) is 1.12. The second-order valence-electron chi connectivity index (χ2n) is 4.50. The van der Waals surface area contributed by atoms with Crippen LogP contribution >= 0.6 is 0 Å². The van der Waals surface area contributed by atoms with Crippen LogP contribution in [-0.4, -0.2) is 48.8 Å². The Balaban J connectivity index is 2.50. The number of hydrogen-bond donors (Lipinski definition) is 1. The fourth-order valence-corrected chi connectivity index (χ4v) is 1.97. The van der Waals surface area contributed by atoms with Gasteiger partial charge in [0.2, 0.25) is 0 Å². The van der Waals surface area contributed by atoms with Crippen LogP contribution in [0.1, 0.15) is 20.3 Å². The summed E-state index contributed by atoms with van der Waals surface area (Å²) in [6.45, 7) is 6.17. The predicted octanol–water partition coefficient (Wildman–Crippen LogP) is 1.06. The molecule has 1 N–H and O–H groups in total. The summed E-state index contributed by atoms with van der Waals surface area (Å²) in [4.78, 5) is 13.1. The quantitative estimate of drug-likeness (QED) is 0.745. The molecule has 1 heterocycles. The third-order valence-corrected chi connectivity index (χ3v) is 3.23. The molecule has 15 heavy (non-hydrogen) atoms. The van der Waals surface area contributed by atoms with Crippen LogP contribution in [0, 0.1) is 11.8 Å². The van der Waals surface area contributed by atoms with E-state index >= 15 is 0 Å². The van der Waals surface area contributed by atoms with Crippen molar-refractivity contribution in [3.8, 4) is 0 Å². The lowest BCUT2D eigenvalue weighted by molar-refractivity contribution is -0.143. The van der Waals surface area contributed by atoms with Gasteiger partial charge in [0.1, 0.15) is 0 Å². The van der Waals surface area contributed by atoms with Crippen molar-refractivity contribution in [3.63, 3.8) is 0 Å². The summed E-state index contributed by atoms with van der Waals surface area (Å²) in [5.74, 6) is -0.502.